The minimum Gasteiger partial charge on any atom is -0.504 e. The van der Waals surface area contributed by atoms with Gasteiger partial charge in [0.2, 0.25) is 0 Å². The summed E-state index contributed by atoms with van der Waals surface area (Å²) in [7, 11) is 4.84. The molecule has 34 heavy (non-hydrogen) atoms. The van der Waals surface area contributed by atoms with Crippen LogP contribution in [0, 0.1) is 0 Å². The highest BCUT2D eigenvalue weighted by Crippen LogP contribution is 2.35. The molecule has 2 amide bonds. The van der Waals surface area contributed by atoms with E-state index in [0.29, 0.717) is 10.4 Å². The fourth-order valence-corrected chi connectivity index (χ4v) is 3.77. The summed E-state index contributed by atoms with van der Waals surface area (Å²) in [5.74, 6) is -1.22. The standard InChI is InChI=1S/C21H21F3N6O3S/c1-11(25-26-19(32)14-9-10-15(34-14)20(33)28-29(2)3)16-18(31)17(30(4)27-16)12-5-7-13(8-6-12)21(22,23)24/h5-10,31H,1-4H3,(H,26,32)(H,28,33). The van der Waals surface area contributed by atoms with E-state index in [1.807, 2.05) is 0 Å². The fraction of sp³-hybridized carbons (Fsp3) is 0.238. The Morgan fingerprint density at radius 1 is 1.09 bits per heavy atom. The van der Waals surface area contributed by atoms with Crippen molar-refractivity contribution in [1.29, 1.82) is 0 Å². The van der Waals surface area contributed by atoms with Gasteiger partial charge in [0.25, 0.3) is 11.8 Å². The van der Waals surface area contributed by atoms with Gasteiger partial charge in [0, 0.05) is 26.7 Å². The molecule has 0 saturated carbocycles. The number of carbonyl (C=O) groups excluding carboxylic acids is 2. The van der Waals surface area contributed by atoms with Gasteiger partial charge in [0.15, 0.2) is 11.4 Å². The average Bonchev–Trinajstić information content (AvgIpc) is 3.36. The summed E-state index contributed by atoms with van der Waals surface area (Å²) in [5.41, 5.74) is 4.84. The van der Waals surface area contributed by atoms with E-state index < -0.39 is 17.6 Å². The number of benzene rings is 1. The maximum absolute atomic E-state index is 12.8. The number of alkyl halides is 3. The van der Waals surface area contributed by atoms with Crippen LogP contribution in [-0.4, -0.2) is 51.5 Å². The second-order valence-electron chi connectivity index (χ2n) is 7.38. The Hall–Kier alpha value is -3.71. The molecule has 13 heteroatoms. The Bertz CT molecular complexity index is 1250. The van der Waals surface area contributed by atoms with Crippen LogP contribution < -0.4 is 10.9 Å². The van der Waals surface area contributed by atoms with Crippen molar-refractivity contribution in [3.8, 4) is 17.0 Å². The molecule has 0 aliphatic rings. The van der Waals surface area contributed by atoms with E-state index in [9.17, 15) is 27.9 Å². The van der Waals surface area contributed by atoms with Gasteiger partial charge in [-0.15, -0.1) is 11.3 Å². The number of amides is 2. The number of halogens is 3. The SMILES string of the molecule is CC(=NNC(=O)c1ccc(C(=O)NN(C)C)s1)c1nn(C)c(-c2ccc(C(F)(F)F)cc2)c1O. The smallest absolute Gasteiger partial charge is 0.416 e. The Morgan fingerprint density at radius 2 is 1.68 bits per heavy atom. The molecule has 0 aliphatic heterocycles. The Labute approximate surface area is 196 Å². The molecule has 0 aliphatic carbocycles. The van der Waals surface area contributed by atoms with E-state index in [1.54, 1.807) is 14.1 Å². The Kier molecular flexibility index (Phi) is 7.07. The van der Waals surface area contributed by atoms with Gasteiger partial charge >= 0.3 is 6.18 Å². The van der Waals surface area contributed by atoms with Gasteiger partial charge in [-0.2, -0.15) is 23.4 Å². The number of thiophene rings is 1. The number of rotatable bonds is 6. The normalized spacial score (nSPS) is 12.2. The largest absolute Gasteiger partial charge is 0.504 e. The molecule has 2 aromatic heterocycles. The molecule has 180 valence electrons. The lowest BCUT2D eigenvalue weighted by atomic mass is 10.1. The number of hydrogen-bond donors (Lipinski definition) is 3. The number of nitrogens with one attached hydrogen (secondary N) is 2. The van der Waals surface area contributed by atoms with E-state index in [-0.39, 0.29) is 33.6 Å². The molecule has 0 unspecified atom stereocenters. The van der Waals surface area contributed by atoms with Crippen LogP contribution in [0.15, 0.2) is 41.5 Å². The van der Waals surface area contributed by atoms with Gasteiger partial charge < -0.3 is 5.11 Å². The number of hydrazone groups is 1. The number of hydrogen-bond acceptors (Lipinski definition) is 7. The first kappa shape index (κ1) is 24.9. The van der Waals surface area contributed by atoms with E-state index in [0.717, 1.165) is 23.5 Å². The van der Waals surface area contributed by atoms with Crippen LogP contribution in [0.3, 0.4) is 0 Å². The highest BCUT2D eigenvalue weighted by atomic mass is 32.1. The number of hydrazine groups is 1. The molecule has 3 N–H and O–H groups in total. The van der Waals surface area contributed by atoms with Gasteiger partial charge in [-0.25, -0.2) is 10.4 Å². The molecule has 0 spiro atoms. The molecule has 9 nitrogen and oxygen atoms in total. The predicted molar refractivity (Wildman–Crippen MR) is 120 cm³/mol. The molecule has 3 aromatic rings. The Morgan fingerprint density at radius 3 is 2.24 bits per heavy atom. The summed E-state index contributed by atoms with van der Waals surface area (Å²) in [6.45, 7) is 1.50. The van der Waals surface area contributed by atoms with Crippen LogP contribution in [-0.2, 0) is 13.2 Å². The fourth-order valence-electron chi connectivity index (χ4n) is 2.98. The summed E-state index contributed by atoms with van der Waals surface area (Å²) < 4.78 is 39.8. The van der Waals surface area contributed by atoms with E-state index in [4.69, 9.17) is 0 Å². The highest BCUT2D eigenvalue weighted by molar-refractivity contribution is 7.15. The first-order valence-corrected chi connectivity index (χ1v) is 10.6. The molecule has 3 rings (SSSR count). The van der Waals surface area contributed by atoms with Crippen molar-refractivity contribution in [2.24, 2.45) is 12.1 Å². The molecule has 0 fully saturated rings. The first-order valence-electron chi connectivity index (χ1n) is 9.75. The topological polar surface area (TPSA) is 112 Å². The van der Waals surface area contributed by atoms with E-state index >= 15 is 0 Å². The van der Waals surface area contributed by atoms with E-state index in [1.165, 1.54) is 47.9 Å². The number of aromatic hydroxyl groups is 1. The third-order valence-corrected chi connectivity index (χ3v) is 5.64. The van der Waals surface area contributed by atoms with Gasteiger partial charge in [0.05, 0.1) is 21.0 Å². The summed E-state index contributed by atoms with van der Waals surface area (Å²) in [6.07, 6.45) is -4.47. The van der Waals surface area contributed by atoms with Gasteiger partial charge in [-0.3, -0.25) is 19.7 Å². The van der Waals surface area contributed by atoms with Crippen molar-refractivity contribution >= 4 is 28.9 Å². The lowest BCUT2D eigenvalue weighted by Gasteiger charge is -2.09. The molecule has 0 radical (unpaired) electrons. The Balaban J connectivity index is 1.77. The van der Waals surface area contributed by atoms with Crippen molar-refractivity contribution in [3.05, 3.63) is 57.4 Å². The lowest BCUT2D eigenvalue weighted by Crippen LogP contribution is -2.35. The molecule has 0 atom stereocenters. The summed E-state index contributed by atoms with van der Waals surface area (Å²) in [5, 5.41) is 20.2. The number of aromatic nitrogens is 2. The maximum atomic E-state index is 12.8. The number of aryl methyl sites for hydroxylation is 1. The van der Waals surface area contributed by atoms with Crippen LogP contribution in [0.5, 0.6) is 5.75 Å². The predicted octanol–water partition coefficient (Wildman–Crippen LogP) is 3.23. The quantitative estimate of drug-likeness (QED) is 0.360. The summed E-state index contributed by atoms with van der Waals surface area (Å²) in [6, 6.07) is 7.29. The van der Waals surface area contributed by atoms with Gasteiger partial charge in [0.1, 0.15) is 5.69 Å². The second kappa shape index (κ2) is 9.65. The zero-order valence-corrected chi connectivity index (χ0v) is 19.4. The van der Waals surface area contributed by atoms with Crippen molar-refractivity contribution in [3.63, 3.8) is 0 Å². The second-order valence-corrected chi connectivity index (χ2v) is 8.47. The van der Waals surface area contributed by atoms with Gasteiger partial charge in [-0.05, 0) is 31.2 Å². The van der Waals surface area contributed by atoms with Crippen LogP contribution >= 0.6 is 11.3 Å². The van der Waals surface area contributed by atoms with Crippen molar-refractivity contribution in [2.75, 3.05) is 14.1 Å². The maximum Gasteiger partial charge on any atom is 0.416 e. The van der Waals surface area contributed by atoms with Crippen LogP contribution in [0.25, 0.3) is 11.3 Å². The summed E-state index contributed by atoms with van der Waals surface area (Å²) >= 11 is 0.979. The molecule has 2 heterocycles. The zero-order chi connectivity index (χ0) is 25.2. The molecule has 1 aromatic carbocycles. The highest BCUT2D eigenvalue weighted by Gasteiger charge is 2.30. The molecule has 0 saturated heterocycles. The third-order valence-electron chi connectivity index (χ3n) is 4.55. The van der Waals surface area contributed by atoms with Crippen LogP contribution in [0.2, 0.25) is 0 Å². The average molecular weight is 494 g/mol. The lowest BCUT2D eigenvalue weighted by molar-refractivity contribution is -0.137. The molecular weight excluding hydrogens is 473 g/mol. The van der Waals surface area contributed by atoms with Crippen LogP contribution in [0.4, 0.5) is 13.2 Å². The van der Waals surface area contributed by atoms with Crippen molar-refractivity contribution in [1.82, 2.24) is 25.6 Å². The monoisotopic (exact) mass is 494 g/mol. The van der Waals surface area contributed by atoms with Crippen molar-refractivity contribution in [2.45, 2.75) is 13.1 Å². The zero-order valence-electron chi connectivity index (χ0n) is 18.6. The minimum absolute atomic E-state index is 0.0509. The molecule has 0 bridgehead atoms. The minimum atomic E-state index is -4.47. The number of nitrogens with zero attached hydrogens (tertiary/aromatic N) is 4. The van der Waals surface area contributed by atoms with E-state index in [2.05, 4.69) is 21.1 Å². The first-order chi connectivity index (χ1) is 15.9. The van der Waals surface area contributed by atoms with Crippen LogP contribution in [0.1, 0.15) is 37.5 Å². The van der Waals surface area contributed by atoms with Gasteiger partial charge in [-0.1, -0.05) is 12.1 Å². The number of carbonyl (C=O) groups is 2. The van der Waals surface area contributed by atoms with Crippen molar-refractivity contribution < 1.29 is 27.9 Å². The molecular formula is C21H21F3N6O3S. The third kappa shape index (κ3) is 5.43. The summed E-state index contributed by atoms with van der Waals surface area (Å²) in [4.78, 5) is 25.0.